The van der Waals surface area contributed by atoms with Gasteiger partial charge < -0.3 is 0 Å². The Morgan fingerprint density at radius 1 is 1.16 bits per heavy atom. The number of carbonyl (C=O) groups is 2. The van der Waals surface area contributed by atoms with Crippen molar-refractivity contribution in [1.82, 2.24) is 0 Å². The largest absolute Gasteiger partial charge is 0.299 e. The van der Waals surface area contributed by atoms with Gasteiger partial charge in [0.15, 0.2) is 5.78 Å². The summed E-state index contributed by atoms with van der Waals surface area (Å²) in [5, 5.41) is 0. The van der Waals surface area contributed by atoms with Crippen LogP contribution in [-0.2, 0) is 9.59 Å². The van der Waals surface area contributed by atoms with Crippen LogP contribution in [0.4, 0.5) is 0 Å². The summed E-state index contributed by atoms with van der Waals surface area (Å²) in [4.78, 5) is 24.6. The maximum absolute atomic E-state index is 12.7. The van der Waals surface area contributed by atoms with Gasteiger partial charge in [-0.1, -0.05) is 19.4 Å². The van der Waals surface area contributed by atoms with E-state index in [1.807, 2.05) is 13.0 Å². The first-order chi connectivity index (χ1) is 12.0. The number of fused-ring (bicyclic) bond motifs is 1. The van der Waals surface area contributed by atoms with Gasteiger partial charge in [0.25, 0.3) is 0 Å². The molecule has 0 aliphatic heterocycles. The third-order valence-electron chi connectivity index (χ3n) is 9.05. The van der Waals surface area contributed by atoms with Gasteiger partial charge in [0.1, 0.15) is 5.78 Å². The number of rotatable bonds is 2. The van der Waals surface area contributed by atoms with Gasteiger partial charge >= 0.3 is 0 Å². The smallest absolute Gasteiger partial charge is 0.156 e. The molecular weight excluding hydrogens is 308 g/mol. The van der Waals surface area contributed by atoms with E-state index < -0.39 is 0 Å². The van der Waals surface area contributed by atoms with Gasteiger partial charge in [0.2, 0.25) is 0 Å². The molecular formula is C23H30O2. The molecule has 5 rings (SSSR count). The molecule has 0 aromatic carbocycles. The molecule has 0 saturated heterocycles. The fourth-order valence-electron chi connectivity index (χ4n) is 8.00. The lowest BCUT2D eigenvalue weighted by Crippen LogP contribution is -2.49. The van der Waals surface area contributed by atoms with Crippen molar-refractivity contribution < 1.29 is 9.59 Å². The van der Waals surface area contributed by atoms with Crippen molar-refractivity contribution in [3.63, 3.8) is 0 Å². The molecule has 0 heterocycles. The van der Waals surface area contributed by atoms with Crippen molar-refractivity contribution >= 4 is 11.6 Å². The lowest BCUT2D eigenvalue weighted by atomic mass is 9.48. The molecule has 0 aromatic heterocycles. The van der Waals surface area contributed by atoms with E-state index in [4.69, 9.17) is 0 Å². The zero-order valence-electron chi connectivity index (χ0n) is 15.7. The zero-order chi connectivity index (χ0) is 17.4. The van der Waals surface area contributed by atoms with Crippen LogP contribution in [0.1, 0.15) is 78.1 Å². The predicted octanol–water partition coefficient (Wildman–Crippen LogP) is 5.18. The van der Waals surface area contributed by atoms with Gasteiger partial charge in [-0.25, -0.2) is 0 Å². The van der Waals surface area contributed by atoms with Crippen LogP contribution in [0.2, 0.25) is 0 Å². The minimum absolute atomic E-state index is 0.218. The Bertz CT molecular complexity index is 726. The van der Waals surface area contributed by atoms with Gasteiger partial charge in [-0.15, -0.1) is 0 Å². The van der Waals surface area contributed by atoms with Crippen molar-refractivity contribution in [1.29, 1.82) is 0 Å². The molecule has 5 aliphatic carbocycles. The molecule has 2 nitrogen and oxygen atoms in total. The van der Waals surface area contributed by atoms with E-state index in [9.17, 15) is 9.59 Å². The number of Topliss-reactive ketones (excluding diaryl/α,β-unsaturated/α-hetero) is 1. The average molecular weight is 338 g/mol. The highest BCUT2D eigenvalue weighted by atomic mass is 16.1. The second-order valence-corrected chi connectivity index (χ2v) is 9.60. The molecule has 0 radical (unpaired) electrons. The molecule has 0 bridgehead atoms. The summed E-state index contributed by atoms with van der Waals surface area (Å²) in [6.07, 6.45) is 12.8. The van der Waals surface area contributed by atoms with E-state index in [1.54, 1.807) is 11.1 Å². The maximum atomic E-state index is 12.7. The second kappa shape index (κ2) is 5.18. The number of ketones is 2. The summed E-state index contributed by atoms with van der Waals surface area (Å²) in [7, 11) is 0. The van der Waals surface area contributed by atoms with Crippen LogP contribution in [0, 0.1) is 28.6 Å². The Morgan fingerprint density at radius 3 is 2.76 bits per heavy atom. The first-order valence-corrected chi connectivity index (χ1v) is 10.5. The minimum Gasteiger partial charge on any atom is -0.299 e. The van der Waals surface area contributed by atoms with Crippen LogP contribution in [0.5, 0.6) is 0 Å². The van der Waals surface area contributed by atoms with E-state index in [2.05, 4.69) is 6.92 Å². The molecule has 3 unspecified atom stereocenters. The van der Waals surface area contributed by atoms with E-state index in [0.717, 1.165) is 25.2 Å². The van der Waals surface area contributed by atoms with Crippen LogP contribution in [-0.4, -0.2) is 11.6 Å². The Morgan fingerprint density at radius 2 is 1.96 bits per heavy atom. The number of hydrogen-bond acceptors (Lipinski definition) is 2. The molecule has 0 amide bonds. The van der Waals surface area contributed by atoms with E-state index in [0.29, 0.717) is 41.7 Å². The molecule has 134 valence electrons. The molecule has 3 fully saturated rings. The van der Waals surface area contributed by atoms with E-state index in [1.165, 1.54) is 37.7 Å². The number of carbonyl (C=O) groups excluding carboxylic acids is 2. The third-order valence-corrected chi connectivity index (χ3v) is 9.05. The highest BCUT2D eigenvalue weighted by Gasteiger charge is 2.67. The molecule has 25 heavy (non-hydrogen) atoms. The lowest BCUT2D eigenvalue weighted by molar-refractivity contribution is -0.129. The van der Waals surface area contributed by atoms with Crippen LogP contribution >= 0.6 is 0 Å². The molecule has 5 atom stereocenters. The van der Waals surface area contributed by atoms with Gasteiger partial charge in [0, 0.05) is 18.8 Å². The minimum atomic E-state index is 0.218. The Balaban J connectivity index is 1.62. The van der Waals surface area contributed by atoms with Gasteiger partial charge in [0.05, 0.1) is 0 Å². The van der Waals surface area contributed by atoms with Crippen LogP contribution < -0.4 is 0 Å². The van der Waals surface area contributed by atoms with Crippen LogP contribution in [0.25, 0.3) is 0 Å². The van der Waals surface area contributed by atoms with Gasteiger partial charge in [-0.05, 0) is 91.3 Å². The van der Waals surface area contributed by atoms with E-state index >= 15 is 0 Å². The van der Waals surface area contributed by atoms with Gasteiger partial charge in [-0.3, -0.25) is 9.59 Å². The van der Waals surface area contributed by atoms with Crippen LogP contribution in [0.3, 0.4) is 0 Å². The van der Waals surface area contributed by atoms with Crippen molar-refractivity contribution in [2.75, 3.05) is 0 Å². The SMILES string of the molecule is CCC(=O)[C@H]1CCC23CCC4CC5=CC(=O)CCC5=C(CC[C@]12C)C43. The average Bonchev–Trinajstić information content (AvgIpc) is 3.12. The summed E-state index contributed by atoms with van der Waals surface area (Å²) < 4.78 is 0. The molecule has 0 aromatic rings. The summed E-state index contributed by atoms with van der Waals surface area (Å²) in [6, 6.07) is 0. The Hall–Kier alpha value is -1.18. The normalized spacial score (nSPS) is 45.0. The summed E-state index contributed by atoms with van der Waals surface area (Å²) in [5.41, 5.74) is 5.26. The highest BCUT2D eigenvalue weighted by molar-refractivity contribution is 5.93. The molecule has 0 N–H and O–H groups in total. The van der Waals surface area contributed by atoms with E-state index in [-0.39, 0.29) is 5.41 Å². The Labute approximate surface area is 151 Å². The number of hydrogen-bond donors (Lipinski definition) is 0. The Kier molecular flexibility index (Phi) is 3.32. The fourth-order valence-corrected chi connectivity index (χ4v) is 8.00. The highest BCUT2D eigenvalue weighted by Crippen LogP contribution is 2.75. The second-order valence-electron chi connectivity index (χ2n) is 9.60. The molecule has 5 aliphatic rings. The van der Waals surface area contributed by atoms with Crippen molar-refractivity contribution in [3.05, 3.63) is 22.8 Å². The third kappa shape index (κ3) is 1.87. The van der Waals surface area contributed by atoms with Crippen LogP contribution in [0.15, 0.2) is 22.8 Å². The zero-order valence-corrected chi connectivity index (χ0v) is 15.7. The maximum Gasteiger partial charge on any atom is 0.156 e. The van der Waals surface area contributed by atoms with Crippen molar-refractivity contribution in [2.24, 2.45) is 28.6 Å². The van der Waals surface area contributed by atoms with Crippen molar-refractivity contribution in [3.8, 4) is 0 Å². The summed E-state index contributed by atoms with van der Waals surface area (Å²) in [5.74, 6) is 2.58. The topological polar surface area (TPSA) is 34.1 Å². The molecule has 3 saturated carbocycles. The summed E-state index contributed by atoms with van der Waals surface area (Å²) in [6.45, 7) is 4.51. The predicted molar refractivity (Wildman–Crippen MR) is 98.0 cm³/mol. The van der Waals surface area contributed by atoms with Gasteiger partial charge in [-0.2, -0.15) is 0 Å². The standard InChI is InChI=1S/C23H30O2/c1-3-20(25)19-8-11-23-10-6-14-12-15-13-16(24)4-5-17(15)18(21(14)23)7-9-22(19,23)2/h13-14,19,21H,3-12H2,1-2H3/t14?,19-,21?,22-,23?/m1/s1. The molecule has 1 spiro atoms. The monoisotopic (exact) mass is 338 g/mol. The molecule has 2 heteroatoms. The quantitative estimate of drug-likeness (QED) is 0.695. The first-order valence-electron chi connectivity index (χ1n) is 10.5. The first kappa shape index (κ1) is 16.0. The summed E-state index contributed by atoms with van der Waals surface area (Å²) >= 11 is 0. The lowest BCUT2D eigenvalue weighted by Gasteiger charge is -2.55. The van der Waals surface area contributed by atoms with Crippen molar-refractivity contribution in [2.45, 2.75) is 78.1 Å². The fraction of sp³-hybridized carbons (Fsp3) is 0.739. The number of allylic oxidation sites excluding steroid dienone is 4.